The Bertz CT molecular complexity index is 1140. The second kappa shape index (κ2) is 11.9. The third-order valence-electron chi connectivity index (χ3n) is 4.50. The standard InChI is InChI=1S/C26H25N3O4/c1-19-4-3-5-22(16-19)27-18-25(30)29-28-17-21-8-13-24(14-9-21)33-26(31)15-10-20-6-11-23(32-2)12-7-20/h3-17,27H,18H2,1-2H3,(H,29,30)/b15-10-,28-17+. The molecule has 0 radical (unpaired) electrons. The fraction of sp³-hybridized carbons (Fsp3) is 0.115. The number of hydrazone groups is 1. The van der Waals surface area contributed by atoms with Gasteiger partial charge in [0.15, 0.2) is 0 Å². The molecule has 3 rings (SSSR count). The number of hydrogen-bond acceptors (Lipinski definition) is 6. The van der Waals surface area contributed by atoms with E-state index in [1.165, 1.54) is 12.3 Å². The van der Waals surface area contributed by atoms with E-state index in [-0.39, 0.29) is 12.5 Å². The molecule has 0 atom stereocenters. The third kappa shape index (κ3) is 7.99. The number of anilines is 1. The molecule has 0 unspecified atom stereocenters. The summed E-state index contributed by atoms with van der Waals surface area (Å²) in [5.74, 6) is 0.405. The molecule has 7 heteroatoms. The van der Waals surface area contributed by atoms with E-state index in [1.807, 2.05) is 55.5 Å². The first kappa shape index (κ1) is 23.3. The van der Waals surface area contributed by atoms with Crippen molar-refractivity contribution in [3.8, 4) is 11.5 Å². The van der Waals surface area contributed by atoms with E-state index >= 15 is 0 Å². The van der Waals surface area contributed by atoms with Crippen molar-refractivity contribution < 1.29 is 19.1 Å². The zero-order valence-corrected chi connectivity index (χ0v) is 18.4. The van der Waals surface area contributed by atoms with Gasteiger partial charge in [0.25, 0.3) is 5.91 Å². The van der Waals surface area contributed by atoms with E-state index in [0.29, 0.717) is 5.75 Å². The molecule has 2 N–H and O–H groups in total. The fourth-order valence-electron chi connectivity index (χ4n) is 2.81. The van der Waals surface area contributed by atoms with Crippen molar-refractivity contribution in [2.45, 2.75) is 6.92 Å². The largest absolute Gasteiger partial charge is 0.497 e. The van der Waals surface area contributed by atoms with Crippen molar-refractivity contribution in [3.05, 3.63) is 95.6 Å². The zero-order chi connectivity index (χ0) is 23.5. The van der Waals surface area contributed by atoms with Crippen LogP contribution in [-0.2, 0) is 9.59 Å². The average Bonchev–Trinajstić information content (AvgIpc) is 2.83. The molecule has 0 aliphatic rings. The number of carbonyl (C=O) groups is 2. The van der Waals surface area contributed by atoms with Crippen LogP contribution in [0.4, 0.5) is 5.69 Å². The van der Waals surface area contributed by atoms with Gasteiger partial charge in [-0.25, -0.2) is 10.2 Å². The monoisotopic (exact) mass is 443 g/mol. The lowest BCUT2D eigenvalue weighted by molar-refractivity contribution is -0.129. The van der Waals surface area contributed by atoms with Crippen LogP contribution < -0.4 is 20.2 Å². The normalized spacial score (nSPS) is 10.8. The molecule has 0 saturated carbocycles. The van der Waals surface area contributed by atoms with Gasteiger partial charge in [0.2, 0.25) is 0 Å². The maximum Gasteiger partial charge on any atom is 0.336 e. The van der Waals surface area contributed by atoms with Gasteiger partial charge in [-0.05, 0) is 78.2 Å². The summed E-state index contributed by atoms with van der Waals surface area (Å²) in [6.07, 6.45) is 4.54. The molecule has 0 aliphatic carbocycles. The van der Waals surface area contributed by atoms with E-state index in [2.05, 4.69) is 15.8 Å². The van der Waals surface area contributed by atoms with E-state index in [1.54, 1.807) is 37.5 Å². The summed E-state index contributed by atoms with van der Waals surface area (Å²) in [4.78, 5) is 23.9. The van der Waals surface area contributed by atoms with Crippen molar-refractivity contribution >= 4 is 29.9 Å². The lowest BCUT2D eigenvalue weighted by Gasteiger charge is -2.05. The van der Waals surface area contributed by atoms with Crippen LogP contribution >= 0.6 is 0 Å². The number of hydrogen-bond donors (Lipinski definition) is 2. The molecular formula is C26H25N3O4. The van der Waals surface area contributed by atoms with Crippen LogP contribution in [0, 0.1) is 6.92 Å². The minimum absolute atomic E-state index is 0.111. The van der Waals surface area contributed by atoms with Crippen molar-refractivity contribution in [3.63, 3.8) is 0 Å². The first-order valence-electron chi connectivity index (χ1n) is 10.3. The Balaban J connectivity index is 1.43. The summed E-state index contributed by atoms with van der Waals surface area (Å²) < 4.78 is 10.4. The highest BCUT2D eigenvalue weighted by molar-refractivity contribution is 5.89. The van der Waals surface area contributed by atoms with Crippen LogP contribution in [0.25, 0.3) is 6.08 Å². The van der Waals surface area contributed by atoms with Crippen LogP contribution in [0.3, 0.4) is 0 Å². The second-order valence-electron chi connectivity index (χ2n) is 7.11. The number of benzene rings is 3. The lowest BCUT2D eigenvalue weighted by Crippen LogP contribution is -2.25. The van der Waals surface area contributed by atoms with Crippen LogP contribution in [0.15, 0.2) is 84.0 Å². The Morgan fingerprint density at radius 3 is 2.33 bits per heavy atom. The predicted octanol–water partition coefficient (Wildman–Crippen LogP) is 4.18. The zero-order valence-electron chi connectivity index (χ0n) is 18.4. The van der Waals surface area contributed by atoms with Gasteiger partial charge >= 0.3 is 5.97 Å². The molecule has 3 aromatic rings. The van der Waals surface area contributed by atoms with Gasteiger partial charge in [-0.1, -0.05) is 24.3 Å². The molecule has 0 aromatic heterocycles. The van der Waals surface area contributed by atoms with Gasteiger partial charge in [-0.2, -0.15) is 5.10 Å². The van der Waals surface area contributed by atoms with E-state index in [9.17, 15) is 9.59 Å². The SMILES string of the molecule is COc1ccc(/C=C\C(=O)Oc2ccc(/C=N/NC(=O)CNc3cccc(C)c3)cc2)cc1. The van der Waals surface area contributed by atoms with Gasteiger partial charge in [-0.3, -0.25) is 4.79 Å². The Morgan fingerprint density at radius 1 is 0.939 bits per heavy atom. The van der Waals surface area contributed by atoms with Crippen LogP contribution in [-0.4, -0.2) is 31.7 Å². The Labute approximate surface area is 192 Å². The topological polar surface area (TPSA) is 89.0 Å². The molecule has 168 valence electrons. The molecule has 0 saturated heterocycles. The average molecular weight is 444 g/mol. The number of aryl methyl sites for hydroxylation is 1. The minimum atomic E-state index is -0.486. The highest BCUT2D eigenvalue weighted by Crippen LogP contribution is 2.14. The number of esters is 1. The fourth-order valence-corrected chi connectivity index (χ4v) is 2.81. The van der Waals surface area contributed by atoms with Gasteiger partial charge in [-0.15, -0.1) is 0 Å². The molecular weight excluding hydrogens is 418 g/mol. The van der Waals surface area contributed by atoms with Gasteiger partial charge < -0.3 is 14.8 Å². The number of amides is 1. The summed E-state index contributed by atoms with van der Waals surface area (Å²) >= 11 is 0. The van der Waals surface area contributed by atoms with Crippen molar-refractivity contribution in [1.29, 1.82) is 0 Å². The summed E-state index contributed by atoms with van der Waals surface area (Å²) in [6, 6.07) is 21.8. The van der Waals surface area contributed by atoms with Gasteiger partial charge in [0, 0.05) is 11.8 Å². The third-order valence-corrected chi connectivity index (χ3v) is 4.50. The number of rotatable bonds is 9. The molecule has 0 fully saturated rings. The Kier molecular flexibility index (Phi) is 8.36. The van der Waals surface area contributed by atoms with E-state index in [4.69, 9.17) is 9.47 Å². The molecule has 33 heavy (non-hydrogen) atoms. The maximum atomic E-state index is 12.0. The minimum Gasteiger partial charge on any atom is -0.497 e. The quantitative estimate of drug-likeness (QED) is 0.170. The van der Waals surface area contributed by atoms with Crippen molar-refractivity contribution in [2.75, 3.05) is 19.0 Å². The molecule has 1 amide bonds. The number of carbonyl (C=O) groups excluding carboxylic acids is 2. The van der Waals surface area contributed by atoms with E-state index in [0.717, 1.165) is 28.1 Å². The summed E-state index contributed by atoms with van der Waals surface area (Å²) in [7, 11) is 1.60. The van der Waals surface area contributed by atoms with E-state index < -0.39 is 5.97 Å². The summed E-state index contributed by atoms with van der Waals surface area (Å²) in [5, 5.41) is 6.98. The highest BCUT2D eigenvalue weighted by Gasteiger charge is 2.02. The van der Waals surface area contributed by atoms with Crippen LogP contribution in [0.2, 0.25) is 0 Å². The number of nitrogens with one attached hydrogen (secondary N) is 2. The van der Waals surface area contributed by atoms with Crippen molar-refractivity contribution in [1.82, 2.24) is 5.43 Å². The molecule has 7 nitrogen and oxygen atoms in total. The smallest absolute Gasteiger partial charge is 0.336 e. The van der Waals surface area contributed by atoms with Crippen LogP contribution in [0.5, 0.6) is 11.5 Å². The summed E-state index contributed by atoms with van der Waals surface area (Å²) in [5.41, 5.74) is 6.06. The summed E-state index contributed by atoms with van der Waals surface area (Å²) in [6.45, 7) is 2.10. The first-order chi connectivity index (χ1) is 16.0. The second-order valence-corrected chi connectivity index (χ2v) is 7.11. The molecule has 0 bridgehead atoms. The molecule has 0 spiro atoms. The predicted molar refractivity (Wildman–Crippen MR) is 130 cm³/mol. The van der Waals surface area contributed by atoms with Crippen molar-refractivity contribution in [2.24, 2.45) is 5.10 Å². The number of nitrogens with zero attached hydrogens (tertiary/aromatic N) is 1. The molecule has 0 aliphatic heterocycles. The number of ether oxygens (including phenoxy) is 2. The molecule has 0 heterocycles. The highest BCUT2D eigenvalue weighted by atomic mass is 16.5. The van der Waals surface area contributed by atoms with Crippen LogP contribution in [0.1, 0.15) is 16.7 Å². The Morgan fingerprint density at radius 2 is 1.64 bits per heavy atom. The Hall–Kier alpha value is -4.39. The first-order valence-corrected chi connectivity index (χ1v) is 10.3. The van der Waals surface area contributed by atoms with Gasteiger partial charge in [0.1, 0.15) is 11.5 Å². The molecule has 3 aromatic carbocycles. The lowest BCUT2D eigenvalue weighted by atomic mass is 10.2. The number of methoxy groups -OCH3 is 1. The maximum absolute atomic E-state index is 12.0. The van der Waals surface area contributed by atoms with Gasteiger partial charge in [0.05, 0.1) is 19.9 Å².